The molecule has 102 valence electrons. The van der Waals surface area contributed by atoms with Crippen LogP contribution >= 0.6 is 0 Å². The molecule has 5 nitrogen and oxygen atoms in total. The highest BCUT2D eigenvalue weighted by molar-refractivity contribution is 5.99. The first-order valence-electron chi connectivity index (χ1n) is 6.66. The molecule has 1 aromatic carbocycles. The van der Waals surface area contributed by atoms with Crippen LogP contribution < -0.4 is 11.1 Å². The lowest BCUT2D eigenvalue weighted by molar-refractivity contribution is 0.0910. The maximum Gasteiger partial charge on any atom is 0.255 e. The van der Waals surface area contributed by atoms with E-state index >= 15 is 0 Å². The van der Waals surface area contributed by atoms with Crippen LogP contribution in [0.1, 0.15) is 23.2 Å². The standard InChI is InChI=1S/C15H16N4O/c16-11-6-12(7-11)19-15(20)13-8-17-9-18-14(13)10-4-2-1-3-5-10/h1-5,8-9,11-12H,6-7,16H2,(H,19,20). The zero-order valence-electron chi connectivity index (χ0n) is 11.0. The summed E-state index contributed by atoms with van der Waals surface area (Å²) in [4.78, 5) is 20.5. The summed E-state index contributed by atoms with van der Waals surface area (Å²) in [5, 5.41) is 2.97. The van der Waals surface area contributed by atoms with Crippen molar-refractivity contribution in [2.24, 2.45) is 5.73 Å². The van der Waals surface area contributed by atoms with Crippen molar-refractivity contribution in [3.05, 3.63) is 48.4 Å². The molecule has 0 unspecified atom stereocenters. The molecule has 1 fully saturated rings. The summed E-state index contributed by atoms with van der Waals surface area (Å²) in [6.07, 6.45) is 4.68. The van der Waals surface area contributed by atoms with Crippen molar-refractivity contribution in [2.75, 3.05) is 0 Å². The van der Waals surface area contributed by atoms with Gasteiger partial charge in [-0.05, 0) is 12.8 Å². The molecule has 1 aliphatic rings. The van der Waals surface area contributed by atoms with E-state index in [0.717, 1.165) is 18.4 Å². The average Bonchev–Trinajstić information content (AvgIpc) is 2.46. The Morgan fingerprint density at radius 1 is 1.25 bits per heavy atom. The highest BCUT2D eigenvalue weighted by Crippen LogP contribution is 2.22. The first kappa shape index (κ1) is 12.7. The van der Waals surface area contributed by atoms with Gasteiger partial charge in [0.05, 0.1) is 11.3 Å². The Morgan fingerprint density at radius 2 is 2.00 bits per heavy atom. The van der Waals surface area contributed by atoms with Crippen molar-refractivity contribution in [2.45, 2.75) is 24.9 Å². The molecule has 1 amide bonds. The van der Waals surface area contributed by atoms with E-state index in [2.05, 4.69) is 15.3 Å². The SMILES string of the molecule is NC1CC(NC(=O)c2cncnc2-c2ccccc2)C1. The summed E-state index contributed by atoms with van der Waals surface area (Å²) in [6.45, 7) is 0. The Hall–Kier alpha value is -2.27. The Morgan fingerprint density at radius 3 is 2.70 bits per heavy atom. The van der Waals surface area contributed by atoms with Gasteiger partial charge in [-0.25, -0.2) is 9.97 Å². The summed E-state index contributed by atoms with van der Waals surface area (Å²) in [6, 6.07) is 10.0. The van der Waals surface area contributed by atoms with Gasteiger partial charge in [0.15, 0.2) is 0 Å². The van der Waals surface area contributed by atoms with Crippen LogP contribution in [0.5, 0.6) is 0 Å². The van der Waals surface area contributed by atoms with Crippen LogP contribution in [0.2, 0.25) is 0 Å². The normalized spacial score (nSPS) is 21.1. The largest absolute Gasteiger partial charge is 0.349 e. The van der Waals surface area contributed by atoms with Crippen LogP contribution in [-0.2, 0) is 0 Å². The zero-order valence-corrected chi connectivity index (χ0v) is 11.0. The van der Waals surface area contributed by atoms with Gasteiger partial charge in [0.2, 0.25) is 0 Å². The van der Waals surface area contributed by atoms with Crippen molar-refractivity contribution in [3.63, 3.8) is 0 Å². The first-order chi connectivity index (χ1) is 9.74. The molecule has 0 radical (unpaired) electrons. The lowest BCUT2D eigenvalue weighted by atomic mass is 9.87. The van der Waals surface area contributed by atoms with E-state index in [1.807, 2.05) is 30.3 Å². The fraction of sp³-hybridized carbons (Fsp3) is 0.267. The third kappa shape index (κ3) is 2.53. The van der Waals surface area contributed by atoms with Crippen molar-refractivity contribution >= 4 is 5.91 Å². The Bertz CT molecular complexity index is 608. The molecule has 1 saturated carbocycles. The van der Waals surface area contributed by atoms with Gasteiger partial charge in [0.25, 0.3) is 5.91 Å². The minimum absolute atomic E-state index is 0.138. The number of carbonyl (C=O) groups excluding carboxylic acids is 1. The Labute approximate surface area is 117 Å². The predicted octanol–water partition coefficient (Wildman–Crippen LogP) is 1.36. The molecule has 0 saturated heterocycles. The minimum atomic E-state index is -0.138. The van der Waals surface area contributed by atoms with Gasteiger partial charge in [-0.2, -0.15) is 0 Å². The molecular weight excluding hydrogens is 252 g/mol. The maximum absolute atomic E-state index is 12.3. The van der Waals surface area contributed by atoms with Gasteiger partial charge >= 0.3 is 0 Å². The molecule has 1 aliphatic carbocycles. The van der Waals surface area contributed by atoms with Crippen molar-refractivity contribution in [1.82, 2.24) is 15.3 Å². The van der Waals surface area contributed by atoms with E-state index in [4.69, 9.17) is 5.73 Å². The summed E-state index contributed by atoms with van der Waals surface area (Å²) < 4.78 is 0. The van der Waals surface area contributed by atoms with Crippen molar-refractivity contribution in [1.29, 1.82) is 0 Å². The van der Waals surface area contributed by atoms with E-state index in [1.54, 1.807) is 6.20 Å². The predicted molar refractivity (Wildman–Crippen MR) is 75.9 cm³/mol. The third-order valence-electron chi connectivity index (χ3n) is 3.51. The van der Waals surface area contributed by atoms with Crippen LogP contribution in [0.3, 0.4) is 0 Å². The number of nitrogens with one attached hydrogen (secondary N) is 1. The van der Waals surface area contributed by atoms with Gasteiger partial charge in [-0.1, -0.05) is 30.3 Å². The quantitative estimate of drug-likeness (QED) is 0.880. The Balaban J connectivity index is 1.84. The van der Waals surface area contributed by atoms with Gasteiger partial charge in [-0.15, -0.1) is 0 Å². The van der Waals surface area contributed by atoms with Crippen LogP contribution in [0.4, 0.5) is 0 Å². The lowest BCUT2D eigenvalue weighted by Gasteiger charge is -2.33. The second-order valence-corrected chi connectivity index (χ2v) is 5.05. The number of amides is 1. The number of nitrogens with zero attached hydrogens (tertiary/aromatic N) is 2. The molecule has 1 heterocycles. The summed E-state index contributed by atoms with van der Waals surface area (Å²) in [5.74, 6) is -0.138. The molecule has 0 bridgehead atoms. The van der Waals surface area contributed by atoms with E-state index in [-0.39, 0.29) is 18.0 Å². The molecule has 3 rings (SSSR count). The zero-order chi connectivity index (χ0) is 13.9. The number of hydrogen-bond donors (Lipinski definition) is 2. The highest BCUT2D eigenvalue weighted by Gasteiger charge is 2.28. The van der Waals surface area contributed by atoms with E-state index < -0.39 is 0 Å². The van der Waals surface area contributed by atoms with Crippen LogP contribution in [0, 0.1) is 0 Å². The molecule has 0 aliphatic heterocycles. The average molecular weight is 268 g/mol. The molecule has 0 spiro atoms. The Kier molecular flexibility index (Phi) is 3.43. The lowest BCUT2D eigenvalue weighted by Crippen LogP contribution is -2.50. The molecule has 1 aromatic heterocycles. The summed E-state index contributed by atoms with van der Waals surface area (Å²) in [5.41, 5.74) is 7.79. The van der Waals surface area contributed by atoms with Crippen LogP contribution in [0.25, 0.3) is 11.3 Å². The van der Waals surface area contributed by atoms with Gasteiger partial charge < -0.3 is 11.1 Å². The number of carbonyl (C=O) groups is 1. The smallest absolute Gasteiger partial charge is 0.255 e. The third-order valence-corrected chi connectivity index (χ3v) is 3.51. The van der Waals surface area contributed by atoms with Gasteiger partial charge in [0, 0.05) is 23.8 Å². The fourth-order valence-corrected chi connectivity index (χ4v) is 2.36. The molecule has 5 heteroatoms. The van der Waals surface area contributed by atoms with Crippen molar-refractivity contribution in [3.8, 4) is 11.3 Å². The number of aromatic nitrogens is 2. The molecule has 20 heavy (non-hydrogen) atoms. The second-order valence-electron chi connectivity index (χ2n) is 5.05. The topological polar surface area (TPSA) is 80.9 Å². The van der Waals surface area contributed by atoms with Crippen molar-refractivity contribution < 1.29 is 4.79 Å². The number of hydrogen-bond acceptors (Lipinski definition) is 4. The van der Waals surface area contributed by atoms with Crippen LogP contribution in [0.15, 0.2) is 42.9 Å². The van der Waals surface area contributed by atoms with E-state index in [1.165, 1.54) is 6.33 Å². The molecule has 2 aromatic rings. The summed E-state index contributed by atoms with van der Waals surface area (Å²) in [7, 11) is 0. The fourth-order valence-electron chi connectivity index (χ4n) is 2.36. The summed E-state index contributed by atoms with van der Waals surface area (Å²) >= 11 is 0. The second kappa shape index (κ2) is 5.38. The van der Waals surface area contributed by atoms with E-state index in [0.29, 0.717) is 11.3 Å². The van der Waals surface area contributed by atoms with Crippen LogP contribution in [-0.4, -0.2) is 28.0 Å². The number of benzene rings is 1. The maximum atomic E-state index is 12.3. The molecule has 0 atom stereocenters. The number of nitrogens with two attached hydrogens (primary N) is 1. The van der Waals surface area contributed by atoms with Gasteiger partial charge in [-0.3, -0.25) is 4.79 Å². The molecular formula is C15H16N4O. The highest BCUT2D eigenvalue weighted by atomic mass is 16.1. The monoisotopic (exact) mass is 268 g/mol. The van der Waals surface area contributed by atoms with Gasteiger partial charge in [0.1, 0.15) is 6.33 Å². The minimum Gasteiger partial charge on any atom is -0.349 e. The van der Waals surface area contributed by atoms with E-state index in [9.17, 15) is 4.79 Å². The molecule has 3 N–H and O–H groups in total. The number of rotatable bonds is 3. The first-order valence-corrected chi connectivity index (χ1v) is 6.66.